The quantitative estimate of drug-likeness (QED) is 0.936. The van der Waals surface area contributed by atoms with Crippen molar-refractivity contribution in [2.24, 2.45) is 5.73 Å². The summed E-state index contributed by atoms with van der Waals surface area (Å²) in [5.74, 6) is 0. The maximum Gasteiger partial charge on any atom is 0.416 e. The zero-order chi connectivity index (χ0) is 14.8. The molecule has 20 heavy (non-hydrogen) atoms. The van der Waals surface area contributed by atoms with Crippen molar-refractivity contribution in [2.45, 2.75) is 32.0 Å². The van der Waals surface area contributed by atoms with E-state index in [1.54, 1.807) is 6.07 Å². The second-order valence-electron chi connectivity index (χ2n) is 4.75. The molecule has 6 heteroatoms. The van der Waals surface area contributed by atoms with Gasteiger partial charge in [0.15, 0.2) is 0 Å². The number of hydrogen-bond acceptors (Lipinski definition) is 3. The number of thiazole rings is 1. The van der Waals surface area contributed by atoms with Gasteiger partial charge in [0.05, 0.1) is 16.3 Å². The Labute approximate surface area is 119 Å². The van der Waals surface area contributed by atoms with Gasteiger partial charge >= 0.3 is 6.18 Å². The van der Waals surface area contributed by atoms with E-state index in [0.29, 0.717) is 11.4 Å². The lowest BCUT2D eigenvalue weighted by Gasteiger charge is -2.11. The molecule has 1 aromatic carbocycles. The molecule has 1 atom stereocenters. The van der Waals surface area contributed by atoms with Gasteiger partial charge in [-0.3, -0.25) is 0 Å². The van der Waals surface area contributed by atoms with Crippen LogP contribution in [-0.4, -0.2) is 11.0 Å². The molecule has 0 amide bonds. The zero-order valence-corrected chi connectivity index (χ0v) is 11.8. The Bertz CT molecular complexity index is 576. The highest BCUT2D eigenvalue weighted by Crippen LogP contribution is 2.33. The summed E-state index contributed by atoms with van der Waals surface area (Å²) in [5.41, 5.74) is 6.18. The second-order valence-corrected chi connectivity index (χ2v) is 5.69. The smallest absolute Gasteiger partial charge is 0.328 e. The SMILES string of the molecule is CC(N)Cc1csc(Cc2ccccc2C(F)(F)F)n1. The van der Waals surface area contributed by atoms with Crippen molar-refractivity contribution < 1.29 is 13.2 Å². The molecule has 108 valence electrons. The lowest BCUT2D eigenvalue weighted by atomic mass is 10.0. The molecule has 0 saturated heterocycles. The predicted octanol–water partition coefficient (Wildman–Crippen LogP) is 3.64. The van der Waals surface area contributed by atoms with E-state index in [-0.39, 0.29) is 18.0 Å². The van der Waals surface area contributed by atoms with E-state index in [2.05, 4.69) is 4.98 Å². The molecule has 2 rings (SSSR count). The molecule has 0 saturated carbocycles. The number of alkyl halides is 3. The number of hydrogen-bond donors (Lipinski definition) is 1. The Kier molecular flexibility index (Phi) is 4.45. The highest BCUT2D eigenvalue weighted by atomic mass is 32.1. The molecule has 1 aromatic heterocycles. The molecule has 2 aromatic rings. The molecule has 2 nitrogen and oxygen atoms in total. The van der Waals surface area contributed by atoms with Gasteiger partial charge in [-0.05, 0) is 18.6 Å². The van der Waals surface area contributed by atoms with Crippen molar-refractivity contribution in [3.05, 3.63) is 51.5 Å². The highest BCUT2D eigenvalue weighted by Gasteiger charge is 2.32. The Morgan fingerprint density at radius 1 is 1.30 bits per heavy atom. The number of nitrogens with two attached hydrogens (primary N) is 1. The van der Waals surface area contributed by atoms with Gasteiger partial charge in [0, 0.05) is 24.3 Å². The summed E-state index contributed by atoms with van der Waals surface area (Å²) in [5, 5.41) is 2.53. The van der Waals surface area contributed by atoms with Gasteiger partial charge < -0.3 is 5.73 Å². The van der Waals surface area contributed by atoms with E-state index in [0.717, 1.165) is 11.8 Å². The Balaban J connectivity index is 2.20. The molecule has 2 N–H and O–H groups in total. The fraction of sp³-hybridized carbons (Fsp3) is 0.357. The van der Waals surface area contributed by atoms with Crippen LogP contribution < -0.4 is 5.73 Å². The van der Waals surface area contributed by atoms with Crippen LogP contribution in [0.4, 0.5) is 13.2 Å². The van der Waals surface area contributed by atoms with Gasteiger partial charge in [-0.15, -0.1) is 11.3 Å². The highest BCUT2D eigenvalue weighted by molar-refractivity contribution is 7.09. The molecule has 0 aliphatic carbocycles. The number of nitrogens with zero attached hydrogens (tertiary/aromatic N) is 1. The van der Waals surface area contributed by atoms with Gasteiger partial charge in [0.1, 0.15) is 0 Å². The molecule has 0 radical (unpaired) electrons. The Morgan fingerprint density at radius 3 is 2.65 bits per heavy atom. The number of halogens is 3. The monoisotopic (exact) mass is 300 g/mol. The standard InChI is InChI=1S/C14H15F3N2S/c1-9(18)6-11-8-20-13(19-11)7-10-4-2-3-5-12(10)14(15,16)17/h2-5,8-9H,6-7,18H2,1H3. The molecule has 0 aliphatic heterocycles. The van der Waals surface area contributed by atoms with E-state index < -0.39 is 11.7 Å². The largest absolute Gasteiger partial charge is 0.416 e. The number of benzene rings is 1. The van der Waals surface area contributed by atoms with Crippen LogP contribution in [0.1, 0.15) is 28.8 Å². The topological polar surface area (TPSA) is 38.9 Å². The van der Waals surface area contributed by atoms with Crippen LogP contribution in [0.2, 0.25) is 0 Å². The minimum absolute atomic E-state index is 0.00703. The first kappa shape index (κ1) is 15.0. The summed E-state index contributed by atoms with van der Waals surface area (Å²) >= 11 is 1.37. The lowest BCUT2D eigenvalue weighted by Crippen LogP contribution is -2.17. The summed E-state index contributed by atoms with van der Waals surface area (Å²) in [4.78, 5) is 4.34. The molecule has 1 heterocycles. The summed E-state index contributed by atoms with van der Waals surface area (Å²) in [6, 6.07) is 5.60. The molecule has 0 bridgehead atoms. The molecule has 0 aliphatic rings. The number of aromatic nitrogens is 1. The van der Waals surface area contributed by atoms with E-state index in [4.69, 9.17) is 5.73 Å². The van der Waals surface area contributed by atoms with Gasteiger partial charge in [-0.1, -0.05) is 18.2 Å². The first-order valence-corrected chi connectivity index (χ1v) is 7.08. The minimum atomic E-state index is -4.33. The Hall–Kier alpha value is -1.40. The van der Waals surface area contributed by atoms with E-state index in [1.165, 1.54) is 23.5 Å². The van der Waals surface area contributed by atoms with Crippen LogP contribution in [0.5, 0.6) is 0 Å². The van der Waals surface area contributed by atoms with Crippen LogP contribution in [0, 0.1) is 0 Å². The maximum atomic E-state index is 12.9. The summed E-state index contributed by atoms with van der Waals surface area (Å²) in [6.45, 7) is 1.87. The summed E-state index contributed by atoms with van der Waals surface area (Å²) in [6.07, 6.45) is -3.50. The van der Waals surface area contributed by atoms with Crippen molar-refractivity contribution in [3.63, 3.8) is 0 Å². The molecule has 0 spiro atoms. The average Bonchev–Trinajstić information content (AvgIpc) is 2.75. The third-order valence-electron chi connectivity index (χ3n) is 2.79. The lowest BCUT2D eigenvalue weighted by molar-refractivity contribution is -0.138. The van der Waals surface area contributed by atoms with Crippen molar-refractivity contribution in [3.8, 4) is 0 Å². The van der Waals surface area contributed by atoms with Crippen molar-refractivity contribution >= 4 is 11.3 Å². The minimum Gasteiger partial charge on any atom is -0.328 e. The zero-order valence-electron chi connectivity index (χ0n) is 10.9. The van der Waals surface area contributed by atoms with E-state index in [9.17, 15) is 13.2 Å². The first-order chi connectivity index (χ1) is 9.36. The van der Waals surface area contributed by atoms with Gasteiger partial charge in [0.25, 0.3) is 0 Å². The van der Waals surface area contributed by atoms with Gasteiger partial charge in [-0.2, -0.15) is 13.2 Å². The summed E-state index contributed by atoms with van der Waals surface area (Å²) in [7, 11) is 0. The average molecular weight is 300 g/mol. The van der Waals surface area contributed by atoms with E-state index >= 15 is 0 Å². The second kappa shape index (κ2) is 5.93. The maximum absolute atomic E-state index is 12.9. The van der Waals surface area contributed by atoms with E-state index in [1.807, 2.05) is 12.3 Å². The van der Waals surface area contributed by atoms with Crippen LogP contribution >= 0.6 is 11.3 Å². The van der Waals surface area contributed by atoms with Crippen LogP contribution in [0.25, 0.3) is 0 Å². The third kappa shape index (κ3) is 3.80. The van der Waals surface area contributed by atoms with Crippen molar-refractivity contribution in [1.82, 2.24) is 4.98 Å². The van der Waals surface area contributed by atoms with Crippen LogP contribution in [-0.2, 0) is 19.0 Å². The Morgan fingerprint density at radius 2 is 2.00 bits per heavy atom. The van der Waals surface area contributed by atoms with Crippen molar-refractivity contribution in [1.29, 1.82) is 0 Å². The van der Waals surface area contributed by atoms with Crippen LogP contribution in [0.3, 0.4) is 0 Å². The summed E-state index contributed by atoms with van der Waals surface area (Å²) < 4.78 is 38.7. The van der Waals surface area contributed by atoms with Crippen LogP contribution in [0.15, 0.2) is 29.6 Å². The molecule has 1 unspecified atom stereocenters. The fourth-order valence-electron chi connectivity index (χ4n) is 1.97. The predicted molar refractivity (Wildman–Crippen MR) is 73.7 cm³/mol. The number of rotatable bonds is 4. The molecule has 0 fully saturated rings. The normalized spacial score (nSPS) is 13.4. The van der Waals surface area contributed by atoms with Gasteiger partial charge in [0.2, 0.25) is 0 Å². The fourth-order valence-corrected chi connectivity index (χ4v) is 2.80. The molecular formula is C14H15F3N2S. The van der Waals surface area contributed by atoms with Crippen molar-refractivity contribution in [2.75, 3.05) is 0 Å². The third-order valence-corrected chi connectivity index (χ3v) is 3.69. The first-order valence-electron chi connectivity index (χ1n) is 6.20. The molecular weight excluding hydrogens is 285 g/mol. The van der Waals surface area contributed by atoms with Gasteiger partial charge in [-0.25, -0.2) is 4.98 Å².